The average Bonchev–Trinajstić information content (AvgIpc) is 3.00. The summed E-state index contributed by atoms with van der Waals surface area (Å²) in [4.78, 5) is 31.6. The van der Waals surface area contributed by atoms with E-state index in [0.717, 1.165) is 30.1 Å². The lowest BCUT2D eigenvalue weighted by molar-refractivity contribution is -0.120. The topological polar surface area (TPSA) is 53.1 Å². The Morgan fingerprint density at radius 3 is 2.23 bits per heavy atom. The van der Waals surface area contributed by atoms with Gasteiger partial charge in [-0.1, -0.05) is 12.1 Å². The van der Waals surface area contributed by atoms with Crippen LogP contribution in [0.4, 0.5) is 14.5 Å². The maximum absolute atomic E-state index is 14.5. The number of carbonyl (C=O) groups is 2. The minimum absolute atomic E-state index is 0.210. The third-order valence-electron chi connectivity index (χ3n) is 5.48. The molecule has 0 aliphatic carbocycles. The summed E-state index contributed by atoms with van der Waals surface area (Å²) in [5, 5.41) is 0. The summed E-state index contributed by atoms with van der Waals surface area (Å²) in [6.07, 6.45) is 0. The van der Waals surface area contributed by atoms with Crippen molar-refractivity contribution in [2.45, 2.75) is 6.92 Å². The van der Waals surface area contributed by atoms with Crippen LogP contribution in [0.2, 0.25) is 0 Å². The number of piperazine rings is 1. The van der Waals surface area contributed by atoms with Crippen LogP contribution in [0.3, 0.4) is 0 Å². The van der Waals surface area contributed by atoms with Crippen molar-refractivity contribution >= 4 is 23.1 Å². The van der Waals surface area contributed by atoms with Gasteiger partial charge in [-0.25, -0.2) is 13.7 Å². The normalized spacial score (nSPS) is 17.7. The molecule has 0 saturated carbocycles. The van der Waals surface area contributed by atoms with Gasteiger partial charge in [0.05, 0.1) is 17.9 Å². The van der Waals surface area contributed by atoms with Gasteiger partial charge in [-0.2, -0.15) is 0 Å². The van der Waals surface area contributed by atoms with E-state index in [-0.39, 0.29) is 17.0 Å². The molecule has 0 radical (unpaired) electrons. The Morgan fingerprint density at radius 2 is 1.61 bits per heavy atom. The highest BCUT2D eigenvalue weighted by Gasteiger charge is 2.43. The molecular formula is C23H23F2N3O3. The molecule has 0 unspecified atom stereocenters. The SMILES string of the molecule is CCOc1ccc(C2=C(N3CCN(C)CC3)C(=O)N(c3ccc(F)cc3F)C2=O)cc1. The Balaban J connectivity index is 1.79. The van der Waals surface area contributed by atoms with E-state index in [9.17, 15) is 18.4 Å². The lowest BCUT2D eigenvalue weighted by Gasteiger charge is -2.34. The van der Waals surface area contributed by atoms with Crippen molar-refractivity contribution < 1.29 is 23.1 Å². The molecule has 8 heteroatoms. The minimum Gasteiger partial charge on any atom is -0.494 e. The number of rotatable bonds is 5. The first-order valence-electron chi connectivity index (χ1n) is 10.2. The van der Waals surface area contributed by atoms with Gasteiger partial charge in [0.15, 0.2) is 0 Å². The van der Waals surface area contributed by atoms with E-state index in [1.807, 2.05) is 18.9 Å². The molecule has 4 rings (SSSR count). The molecule has 1 saturated heterocycles. The van der Waals surface area contributed by atoms with Crippen LogP contribution < -0.4 is 9.64 Å². The fourth-order valence-corrected chi connectivity index (χ4v) is 3.87. The van der Waals surface area contributed by atoms with Gasteiger partial charge >= 0.3 is 0 Å². The third kappa shape index (κ3) is 3.90. The van der Waals surface area contributed by atoms with Gasteiger partial charge in [-0.3, -0.25) is 9.59 Å². The molecule has 2 aromatic carbocycles. The van der Waals surface area contributed by atoms with Crippen molar-refractivity contribution in [3.8, 4) is 5.75 Å². The number of carbonyl (C=O) groups excluding carboxylic acids is 2. The van der Waals surface area contributed by atoms with Crippen LogP contribution in [0.15, 0.2) is 48.2 Å². The lowest BCUT2D eigenvalue weighted by Crippen LogP contribution is -2.46. The van der Waals surface area contributed by atoms with Crippen molar-refractivity contribution in [2.75, 3.05) is 44.7 Å². The van der Waals surface area contributed by atoms with Gasteiger partial charge < -0.3 is 14.5 Å². The second kappa shape index (κ2) is 8.47. The summed E-state index contributed by atoms with van der Waals surface area (Å²) in [6.45, 7) is 4.95. The Kier molecular flexibility index (Phi) is 5.73. The summed E-state index contributed by atoms with van der Waals surface area (Å²) in [5.74, 6) is -2.34. The number of hydrogen-bond acceptors (Lipinski definition) is 5. The Bertz CT molecular complexity index is 1040. The zero-order valence-corrected chi connectivity index (χ0v) is 17.4. The largest absolute Gasteiger partial charge is 0.494 e. The van der Waals surface area contributed by atoms with E-state index in [1.54, 1.807) is 24.3 Å². The molecule has 6 nitrogen and oxygen atoms in total. The lowest BCUT2D eigenvalue weighted by atomic mass is 10.0. The standard InChI is InChI=1S/C23H23F2N3O3/c1-3-31-17-7-4-15(5-8-17)20-21(27-12-10-26(2)11-13-27)23(30)28(22(20)29)19-9-6-16(24)14-18(19)25/h4-9,14H,3,10-13H2,1-2H3. The zero-order chi connectivity index (χ0) is 22.1. The predicted octanol–water partition coefficient (Wildman–Crippen LogP) is 2.90. The summed E-state index contributed by atoms with van der Waals surface area (Å²) in [5.41, 5.74) is 0.733. The summed E-state index contributed by atoms with van der Waals surface area (Å²) in [6, 6.07) is 9.70. The second-order valence-electron chi connectivity index (χ2n) is 7.51. The first kappa shape index (κ1) is 21.0. The number of amides is 2. The molecule has 162 valence electrons. The monoisotopic (exact) mass is 427 g/mol. The van der Waals surface area contributed by atoms with Gasteiger partial charge in [-0.05, 0) is 43.8 Å². The molecule has 31 heavy (non-hydrogen) atoms. The van der Waals surface area contributed by atoms with Gasteiger partial charge in [0.1, 0.15) is 23.1 Å². The van der Waals surface area contributed by atoms with Crippen LogP contribution in [0.25, 0.3) is 5.57 Å². The first-order chi connectivity index (χ1) is 14.9. The maximum atomic E-state index is 14.5. The number of hydrogen-bond donors (Lipinski definition) is 0. The van der Waals surface area contributed by atoms with E-state index in [0.29, 0.717) is 37.1 Å². The van der Waals surface area contributed by atoms with Gasteiger partial charge in [-0.15, -0.1) is 0 Å². The fourth-order valence-electron chi connectivity index (χ4n) is 3.87. The molecule has 0 spiro atoms. The van der Waals surface area contributed by atoms with Crippen LogP contribution in [0, 0.1) is 11.6 Å². The number of anilines is 1. The van der Waals surface area contributed by atoms with Gasteiger partial charge in [0.25, 0.3) is 11.8 Å². The van der Waals surface area contributed by atoms with Crippen molar-refractivity contribution in [2.24, 2.45) is 0 Å². The molecule has 1 fully saturated rings. The fraction of sp³-hybridized carbons (Fsp3) is 0.304. The van der Waals surface area contributed by atoms with Gasteiger partial charge in [0, 0.05) is 32.2 Å². The predicted molar refractivity (Wildman–Crippen MR) is 112 cm³/mol. The summed E-state index contributed by atoms with van der Waals surface area (Å²) >= 11 is 0. The van der Waals surface area contributed by atoms with Crippen LogP contribution >= 0.6 is 0 Å². The quantitative estimate of drug-likeness (QED) is 0.687. The minimum atomic E-state index is -0.965. The van der Waals surface area contributed by atoms with Crippen molar-refractivity contribution in [1.29, 1.82) is 0 Å². The highest BCUT2D eigenvalue weighted by molar-refractivity contribution is 6.45. The van der Waals surface area contributed by atoms with Gasteiger partial charge in [0.2, 0.25) is 0 Å². The maximum Gasteiger partial charge on any atom is 0.282 e. The third-order valence-corrected chi connectivity index (χ3v) is 5.48. The van der Waals surface area contributed by atoms with E-state index in [1.165, 1.54) is 0 Å². The molecule has 0 N–H and O–H groups in total. The Morgan fingerprint density at radius 1 is 0.935 bits per heavy atom. The van der Waals surface area contributed by atoms with Crippen LogP contribution in [-0.2, 0) is 9.59 Å². The number of ether oxygens (including phenoxy) is 1. The Hall–Kier alpha value is -3.26. The van der Waals surface area contributed by atoms with Crippen molar-refractivity contribution in [3.63, 3.8) is 0 Å². The highest BCUT2D eigenvalue weighted by atomic mass is 19.1. The molecule has 2 aliphatic heterocycles. The molecule has 2 amide bonds. The first-order valence-corrected chi connectivity index (χ1v) is 10.2. The van der Waals surface area contributed by atoms with Crippen LogP contribution in [0.1, 0.15) is 12.5 Å². The molecule has 2 aromatic rings. The molecular weight excluding hydrogens is 404 g/mol. The molecule has 0 atom stereocenters. The molecule has 2 heterocycles. The number of nitrogens with zero attached hydrogens (tertiary/aromatic N) is 3. The summed E-state index contributed by atoms with van der Waals surface area (Å²) < 4.78 is 33.4. The number of likely N-dealkylation sites (N-methyl/N-ethyl adjacent to an activating group) is 1. The second-order valence-corrected chi connectivity index (χ2v) is 7.51. The molecule has 0 aromatic heterocycles. The zero-order valence-electron chi connectivity index (χ0n) is 17.4. The van der Waals surface area contributed by atoms with E-state index >= 15 is 0 Å². The van der Waals surface area contributed by atoms with E-state index in [2.05, 4.69) is 4.90 Å². The number of halogens is 2. The molecule has 0 bridgehead atoms. The van der Waals surface area contributed by atoms with Crippen LogP contribution in [-0.4, -0.2) is 61.4 Å². The number of benzene rings is 2. The molecule has 2 aliphatic rings. The summed E-state index contributed by atoms with van der Waals surface area (Å²) in [7, 11) is 1.99. The van der Waals surface area contributed by atoms with E-state index in [4.69, 9.17) is 4.74 Å². The van der Waals surface area contributed by atoms with Crippen LogP contribution in [0.5, 0.6) is 5.75 Å². The smallest absolute Gasteiger partial charge is 0.282 e. The van der Waals surface area contributed by atoms with E-state index < -0.39 is 23.4 Å². The average molecular weight is 427 g/mol. The van der Waals surface area contributed by atoms with Crippen molar-refractivity contribution in [3.05, 3.63) is 65.4 Å². The highest BCUT2D eigenvalue weighted by Crippen LogP contribution is 2.36. The Labute approximate surface area is 179 Å². The van der Waals surface area contributed by atoms with Crippen molar-refractivity contribution in [1.82, 2.24) is 9.80 Å². The number of imide groups is 1.